The average molecular weight is 517 g/mol. The van der Waals surface area contributed by atoms with E-state index in [4.69, 9.17) is 0 Å². The van der Waals surface area contributed by atoms with Crippen molar-refractivity contribution in [3.8, 4) is 0 Å². The number of para-hydroxylation sites is 1. The first-order valence-corrected chi connectivity index (χ1v) is 13.5. The largest absolute Gasteiger partial charge is 0.368 e. The van der Waals surface area contributed by atoms with Gasteiger partial charge in [-0.15, -0.1) is 11.3 Å². The molecule has 1 amide bonds. The van der Waals surface area contributed by atoms with Crippen molar-refractivity contribution in [2.45, 2.75) is 6.92 Å². The third-order valence-corrected chi connectivity index (χ3v) is 8.55. The minimum atomic E-state index is -0.238. The number of halogens is 1. The molecule has 2 saturated heterocycles. The number of benzene rings is 2. The molecule has 2 aromatic carbocycles. The predicted octanol–water partition coefficient (Wildman–Crippen LogP) is 4.43. The Morgan fingerprint density at radius 2 is 1.38 bits per heavy atom. The lowest BCUT2D eigenvalue weighted by Crippen LogP contribution is -2.48. The number of carbonyl (C=O) groups excluding carboxylic acids is 1. The minimum Gasteiger partial charge on any atom is -0.368 e. The van der Waals surface area contributed by atoms with Crippen molar-refractivity contribution in [3.63, 3.8) is 0 Å². The number of hydrogen-bond donors (Lipinski definition) is 0. The number of hydrogen-bond acceptors (Lipinski definition) is 7. The smallest absolute Gasteiger partial charge is 0.264 e. The molecule has 0 N–H and O–H groups in total. The molecular weight excluding hydrogens is 487 g/mol. The highest BCUT2D eigenvalue weighted by molar-refractivity contribution is 7.20. The Hall–Kier alpha value is -3.72. The summed E-state index contributed by atoms with van der Waals surface area (Å²) in [4.78, 5) is 33.2. The first-order chi connectivity index (χ1) is 18.1. The van der Waals surface area contributed by atoms with Gasteiger partial charge in [-0.3, -0.25) is 4.79 Å². The van der Waals surface area contributed by atoms with Gasteiger partial charge in [0.25, 0.3) is 5.91 Å². The second kappa shape index (κ2) is 9.97. The first kappa shape index (κ1) is 23.7. The molecule has 0 spiro atoms. The van der Waals surface area contributed by atoms with Gasteiger partial charge < -0.3 is 19.6 Å². The van der Waals surface area contributed by atoms with Crippen LogP contribution < -0.4 is 14.7 Å². The fraction of sp³-hybridized carbons (Fsp3) is 0.321. The SMILES string of the molecule is Cc1c(C(=O)N2CCN(c3ccc(F)cc3)CC2)sc2ncnc(N3CCN(c4ccccc4)CC3)c12. The molecule has 37 heavy (non-hydrogen) atoms. The second-order valence-corrected chi connectivity index (χ2v) is 10.5. The Balaban J connectivity index is 1.17. The second-order valence-electron chi connectivity index (χ2n) is 9.50. The quantitative estimate of drug-likeness (QED) is 0.400. The lowest BCUT2D eigenvalue weighted by molar-refractivity contribution is 0.0751. The van der Waals surface area contributed by atoms with E-state index in [0.29, 0.717) is 13.1 Å². The molecule has 2 fully saturated rings. The van der Waals surface area contributed by atoms with E-state index in [2.05, 4.69) is 48.9 Å². The summed E-state index contributed by atoms with van der Waals surface area (Å²) in [5.41, 5.74) is 3.19. The summed E-state index contributed by atoms with van der Waals surface area (Å²) in [6, 6.07) is 17.0. The standard InChI is InChI=1S/C28H29FN6OS/c1-20-24-26(34-15-11-32(12-16-34)22-5-3-2-4-6-22)30-19-31-27(24)37-25(20)28(36)35-17-13-33(14-18-35)23-9-7-21(29)8-10-23/h2-10,19H,11-18H2,1H3. The monoisotopic (exact) mass is 516 g/mol. The van der Waals surface area contributed by atoms with Crippen LogP contribution in [0.4, 0.5) is 21.6 Å². The Morgan fingerprint density at radius 3 is 2.05 bits per heavy atom. The van der Waals surface area contributed by atoms with Crippen molar-refractivity contribution in [1.82, 2.24) is 14.9 Å². The van der Waals surface area contributed by atoms with Crippen LogP contribution in [-0.4, -0.2) is 73.1 Å². The third kappa shape index (κ3) is 4.59. The van der Waals surface area contributed by atoms with Crippen LogP contribution in [0.5, 0.6) is 0 Å². The zero-order valence-electron chi connectivity index (χ0n) is 20.8. The minimum absolute atomic E-state index is 0.0547. The molecule has 2 aromatic heterocycles. The van der Waals surface area contributed by atoms with Crippen LogP contribution in [0, 0.1) is 12.7 Å². The summed E-state index contributed by atoms with van der Waals surface area (Å²) < 4.78 is 13.3. The van der Waals surface area contributed by atoms with Gasteiger partial charge in [0.1, 0.15) is 22.8 Å². The molecule has 0 radical (unpaired) electrons. The lowest BCUT2D eigenvalue weighted by Gasteiger charge is -2.37. The van der Waals surface area contributed by atoms with E-state index in [-0.39, 0.29) is 11.7 Å². The number of amides is 1. The molecule has 4 heterocycles. The van der Waals surface area contributed by atoms with Gasteiger partial charge >= 0.3 is 0 Å². The van der Waals surface area contributed by atoms with E-state index in [1.807, 2.05) is 17.9 Å². The maximum Gasteiger partial charge on any atom is 0.264 e. The van der Waals surface area contributed by atoms with Crippen LogP contribution >= 0.6 is 11.3 Å². The molecule has 7 nitrogen and oxygen atoms in total. The summed E-state index contributed by atoms with van der Waals surface area (Å²) in [6.45, 7) is 8.29. The highest BCUT2D eigenvalue weighted by Gasteiger charge is 2.28. The van der Waals surface area contributed by atoms with E-state index in [1.54, 1.807) is 18.5 Å². The highest BCUT2D eigenvalue weighted by Crippen LogP contribution is 2.36. The molecule has 4 aromatic rings. The van der Waals surface area contributed by atoms with Gasteiger partial charge in [0.2, 0.25) is 0 Å². The molecule has 190 valence electrons. The molecule has 0 unspecified atom stereocenters. The van der Waals surface area contributed by atoms with E-state index in [9.17, 15) is 9.18 Å². The molecule has 0 saturated carbocycles. The summed E-state index contributed by atoms with van der Waals surface area (Å²) in [5.74, 6) is 0.740. The molecular formula is C28H29FN6OS. The van der Waals surface area contributed by atoms with Crippen molar-refractivity contribution < 1.29 is 9.18 Å². The fourth-order valence-electron chi connectivity index (χ4n) is 5.28. The van der Waals surface area contributed by atoms with E-state index in [0.717, 1.165) is 71.4 Å². The number of nitrogens with zero attached hydrogens (tertiary/aromatic N) is 6. The van der Waals surface area contributed by atoms with Gasteiger partial charge in [0.15, 0.2) is 0 Å². The van der Waals surface area contributed by atoms with Crippen LogP contribution in [-0.2, 0) is 0 Å². The third-order valence-electron chi connectivity index (χ3n) is 7.36. The number of fused-ring (bicyclic) bond motifs is 1. The van der Waals surface area contributed by atoms with Crippen LogP contribution in [0.1, 0.15) is 15.2 Å². The number of rotatable bonds is 4. The first-order valence-electron chi connectivity index (χ1n) is 12.7. The molecule has 0 aliphatic carbocycles. The number of carbonyl (C=O) groups is 1. The van der Waals surface area contributed by atoms with Gasteiger partial charge in [0.05, 0.1) is 10.3 Å². The van der Waals surface area contributed by atoms with Crippen LogP contribution in [0.3, 0.4) is 0 Å². The van der Waals surface area contributed by atoms with E-state index in [1.165, 1.54) is 29.2 Å². The summed E-state index contributed by atoms with van der Waals surface area (Å²) in [6.07, 6.45) is 1.62. The maximum atomic E-state index is 13.6. The molecule has 0 bridgehead atoms. The van der Waals surface area contributed by atoms with Crippen molar-refractivity contribution in [2.75, 3.05) is 67.1 Å². The topological polar surface area (TPSA) is 55.8 Å². The van der Waals surface area contributed by atoms with Gasteiger partial charge in [-0.05, 0) is 48.9 Å². The molecule has 9 heteroatoms. The van der Waals surface area contributed by atoms with E-state index < -0.39 is 0 Å². The summed E-state index contributed by atoms with van der Waals surface area (Å²) >= 11 is 1.47. The molecule has 2 aliphatic heterocycles. The van der Waals surface area contributed by atoms with Gasteiger partial charge in [0, 0.05) is 63.7 Å². The number of aromatic nitrogens is 2. The van der Waals surface area contributed by atoms with E-state index >= 15 is 0 Å². The Morgan fingerprint density at radius 1 is 0.784 bits per heavy atom. The average Bonchev–Trinajstić information content (AvgIpc) is 3.30. The molecule has 2 aliphatic rings. The van der Waals surface area contributed by atoms with Crippen molar-refractivity contribution in [1.29, 1.82) is 0 Å². The Bertz CT molecular complexity index is 1390. The lowest BCUT2D eigenvalue weighted by atomic mass is 10.1. The van der Waals surface area contributed by atoms with Crippen molar-refractivity contribution >= 4 is 44.7 Å². The zero-order valence-corrected chi connectivity index (χ0v) is 21.6. The number of piperazine rings is 2. The van der Waals surface area contributed by atoms with Crippen LogP contribution in [0.15, 0.2) is 60.9 Å². The number of anilines is 3. The fourth-order valence-corrected chi connectivity index (χ4v) is 6.39. The van der Waals surface area contributed by atoms with Crippen molar-refractivity contribution in [2.24, 2.45) is 0 Å². The summed E-state index contributed by atoms with van der Waals surface area (Å²) in [5, 5.41) is 0.994. The normalized spacial score (nSPS) is 16.5. The Labute approximate surface area is 219 Å². The van der Waals surface area contributed by atoms with Crippen LogP contribution in [0.25, 0.3) is 10.2 Å². The predicted molar refractivity (Wildman–Crippen MR) is 148 cm³/mol. The number of aryl methyl sites for hydroxylation is 1. The maximum absolute atomic E-state index is 13.6. The van der Waals surface area contributed by atoms with Crippen LogP contribution in [0.2, 0.25) is 0 Å². The molecule has 0 atom stereocenters. The van der Waals surface area contributed by atoms with Crippen molar-refractivity contribution in [3.05, 3.63) is 77.2 Å². The van der Waals surface area contributed by atoms with Gasteiger partial charge in [-0.25, -0.2) is 14.4 Å². The van der Waals surface area contributed by atoms with Gasteiger partial charge in [-0.2, -0.15) is 0 Å². The highest BCUT2D eigenvalue weighted by atomic mass is 32.1. The molecule has 6 rings (SSSR count). The van der Waals surface area contributed by atoms with Gasteiger partial charge in [-0.1, -0.05) is 18.2 Å². The zero-order chi connectivity index (χ0) is 25.4. The summed E-state index contributed by atoms with van der Waals surface area (Å²) in [7, 11) is 0. The Kier molecular flexibility index (Phi) is 6.38. The number of thiophene rings is 1.